The average molecular weight is 403 g/mol. The van der Waals surface area contributed by atoms with Gasteiger partial charge in [0.05, 0.1) is 11.3 Å². The van der Waals surface area contributed by atoms with Crippen LogP contribution >= 0.6 is 0 Å². The van der Waals surface area contributed by atoms with Crippen LogP contribution in [0.4, 0.5) is 30.6 Å². The third-order valence-electron chi connectivity index (χ3n) is 4.20. The number of alkyl halides is 3. The van der Waals surface area contributed by atoms with Crippen molar-refractivity contribution < 1.29 is 18.3 Å². The zero-order valence-corrected chi connectivity index (χ0v) is 15.7. The summed E-state index contributed by atoms with van der Waals surface area (Å²) in [6, 6.07) is 9.20. The summed E-state index contributed by atoms with van der Waals surface area (Å²) in [6.07, 6.45) is -0.656. The Kier molecular flexibility index (Phi) is 6.28. The highest BCUT2D eigenvalue weighted by molar-refractivity contribution is 5.68. The van der Waals surface area contributed by atoms with E-state index >= 15 is 0 Å². The molecule has 2 heterocycles. The Morgan fingerprint density at radius 1 is 1.10 bits per heavy atom. The maximum atomic E-state index is 13.2. The molecule has 0 aliphatic rings. The van der Waals surface area contributed by atoms with Gasteiger partial charge in [-0.2, -0.15) is 18.2 Å². The lowest BCUT2D eigenvalue weighted by molar-refractivity contribution is -0.138. The quantitative estimate of drug-likeness (QED) is 0.507. The van der Waals surface area contributed by atoms with Crippen LogP contribution in [0, 0.1) is 6.92 Å². The highest BCUT2D eigenvalue weighted by Gasteiger charge is 2.32. The Balaban J connectivity index is 1.97. The standard InChI is InChI=1S/C20H20F3N5O/c1-13-15(20(21,22)23)6-2-7-16(13)26-18-11-17(14-5-3-8-24-12-14)27-19(28-18)25-9-4-10-29/h2-3,5-8,11-12,29H,4,9-10H2,1H3,(H2,25,26,27,28). The molecular formula is C20H20F3N5O. The first kappa shape index (κ1) is 20.5. The fourth-order valence-electron chi connectivity index (χ4n) is 2.75. The largest absolute Gasteiger partial charge is 0.416 e. The average Bonchev–Trinajstić information content (AvgIpc) is 2.69. The summed E-state index contributed by atoms with van der Waals surface area (Å²) in [5.74, 6) is 0.639. The number of hydrogen-bond donors (Lipinski definition) is 3. The second-order valence-corrected chi connectivity index (χ2v) is 6.31. The van der Waals surface area contributed by atoms with E-state index in [2.05, 4.69) is 25.6 Å². The van der Waals surface area contributed by atoms with Gasteiger partial charge in [0, 0.05) is 42.9 Å². The van der Waals surface area contributed by atoms with Gasteiger partial charge in [-0.1, -0.05) is 6.07 Å². The van der Waals surface area contributed by atoms with E-state index in [1.165, 1.54) is 13.0 Å². The van der Waals surface area contributed by atoms with Crippen molar-refractivity contribution in [3.8, 4) is 11.3 Å². The molecule has 0 fully saturated rings. The van der Waals surface area contributed by atoms with Gasteiger partial charge in [0.2, 0.25) is 5.95 Å². The van der Waals surface area contributed by atoms with Gasteiger partial charge in [0.1, 0.15) is 5.82 Å². The van der Waals surface area contributed by atoms with E-state index in [0.29, 0.717) is 36.1 Å². The van der Waals surface area contributed by atoms with E-state index in [4.69, 9.17) is 5.11 Å². The van der Waals surface area contributed by atoms with E-state index < -0.39 is 11.7 Å². The number of halogens is 3. The van der Waals surface area contributed by atoms with Crippen LogP contribution < -0.4 is 10.6 Å². The van der Waals surface area contributed by atoms with Crippen molar-refractivity contribution >= 4 is 17.5 Å². The summed E-state index contributed by atoms with van der Waals surface area (Å²) in [4.78, 5) is 12.8. The highest BCUT2D eigenvalue weighted by Crippen LogP contribution is 2.35. The first-order valence-electron chi connectivity index (χ1n) is 8.96. The second kappa shape index (κ2) is 8.87. The van der Waals surface area contributed by atoms with Crippen LogP contribution in [0.3, 0.4) is 0 Å². The number of pyridine rings is 1. The molecule has 0 saturated heterocycles. The molecule has 3 aromatic rings. The van der Waals surface area contributed by atoms with Crippen LogP contribution in [0.5, 0.6) is 0 Å². The molecule has 29 heavy (non-hydrogen) atoms. The molecule has 0 aliphatic carbocycles. The third-order valence-corrected chi connectivity index (χ3v) is 4.20. The van der Waals surface area contributed by atoms with Crippen LogP contribution in [-0.2, 0) is 6.18 Å². The molecule has 0 aliphatic heterocycles. The smallest absolute Gasteiger partial charge is 0.396 e. The fraction of sp³-hybridized carbons (Fsp3) is 0.250. The molecular weight excluding hydrogens is 383 g/mol. The van der Waals surface area contributed by atoms with Gasteiger partial charge in [-0.25, -0.2) is 4.98 Å². The summed E-state index contributed by atoms with van der Waals surface area (Å²) in [5, 5.41) is 14.9. The number of aliphatic hydroxyl groups excluding tert-OH is 1. The van der Waals surface area contributed by atoms with Gasteiger partial charge in [-0.3, -0.25) is 4.98 Å². The lowest BCUT2D eigenvalue weighted by Gasteiger charge is -2.16. The molecule has 0 spiro atoms. The van der Waals surface area contributed by atoms with Crippen molar-refractivity contribution in [1.82, 2.24) is 15.0 Å². The lowest BCUT2D eigenvalue weighted by Crippen LogP contribution is -2.10. The third kappa shape index (κ3) is 5.20. The van der Waals surface area contributed by atoms with Gasteiger partial charge in [0.25, 0.3) is 0 Å². The number of benzene rings is 1. The Morgan fingerprint density at radius 3 is 2.62 bits per heavy atom. The molecule has 0 unspecified atom stereocenters. The Labute approximate surface area is 165 Å². The number of aliphatic hydroxyl groups is 1. The fourth-order valence-corrected chi connectivity index (χ4v) is 2.75. The molecule has 2 aromatic heterocycles. The molecule has 6 nitrogen and oxygen atoms in total. The maximum Gasteiger partial charge on any atom is 0.416 e. The van der Waals surface area contributed by atoms with Gasteiger partial charge in [0.15, 0.2) is 0 Å². The number of nitrogens with one attached hydrogen (secondary N) is 2. The van der Waals surface area contributed by atoms with E-state index in [9.17, 15) is 13.2 Å². The summed E-state index contributed by atoms with van der Waals surface area (Å²) in [7, 11) is 0. The van der Waals surface area contributed by atoms with Crippen molar-refractivity contribution in [2.75, 3.05) is 23.8 Å². The van der Waals surface area contributed by atoms with Gasteiger partial charge in [-0.05, 0) is 43.2 Å². The molecule has 0 bridgehead atoms. The van der Waals surface area contributed by atoms with Crippen molar-refractivity contribution in [2.24, 2.45) is 0 Å². The van der Waals surface area contributed by atoms with Crippen molar-refractivity contribution in [3.63, 3.8) is 0 Å². The molecule has 0 amide bonds. The summed E-state index contributed by atoms with van der Waals surface area (Å²) < 4.78 is 39.6. The minimum atomic E-state index is -4.44. The van der Waals surface area contributed by atoms with Gasteiger partial charge in [-0.15, -0.1) is 0 Å². The van der Waals surface area contributed by atoms with Crippen LogP contribution in [0.25, 0.3) is 11.3 Å². The number of anilines is 3. The topological polar surface area (TPSA) is 83.0 Å². The molecule has 1 aromatic carbocycles. The first-order chi connectivity index (χ1) is 13.9. The zero-order valence-electron chi connectivity index (χ0n) is 15.7. The number of rotatable bonds is 7. The van der Waals surface area contributed by atoms with Crippen LogP contribution in [0.2, 0.25) is 0 Å². The first-order valence-corrected chi connectivity index (χ1v) is 8.96. The zero-order chi connectivity index (χ0) is 20.9. The summed E-state index contributed by atoms with van der Waals surface area (Å²) in [5.41, 5.74) is 0.981. The normalized spacial score (nSPS) is 11.3. The van der Waals surface area contributed by atoms with Gasteiger partial charge < -0.3 is 15.7 Å². The number of aromatic nitrogens is 3. The minimum Gasteiger partial charge on any atom is -0.396 e. The van der Waals surface area contributed by atoms with Crippen LogP contribution in [0.15, 0.2) is 48.8 Å². The predicted octanol–water partition coefficient (Wildman–Crippen LogP) is 4.40. The molecule has 3 rings (SSSR count). The molecule has 0 radical (unpaired) electrons. The summed E-state index contributed by atoms with van der Waals surface area (Å²) >= 11 is 0. The van der Waals surface area contributed by atoms with E-state index in [-0.39, 0.29) is 12.2 Å². The predicted molar refractivity (Wildman–Crippen MR) is 105 cm³/mol. The molecule has 0 saturated carbocycles. The number of hydrogen-bond acceptors (Lipinski definition) is 6. The monoisotopic (exact) mass is 403 g/mol. The molecule has 152 valence electrons. The molecule has 9 heteroatoms. The second-order valence-electron chi connectivity index (χ2n) is 6.31. The SMILES string of the molecule is Cc1c(Nc2cc(-c3cccnc3)nc(NCCCO)n2)cccc1C(F)(F)F. The number of nitrogens with zero attached hydrogens (tertiary/aromatic N) is 3. The van der Waals surface area contributed by atoms with E-state index in [1.807, 2.05) is 6.07 Å². The van der Waals surface area contributed by atoms with E-state index in [0.717, 1.165) is 11.6 Å². The Hall–Kier alpha value is -3.20. The summed E-state index contributed by atoms with van der Waals surface area (Å²) in [6.45, 7) is 1.88. The minimum absolute atomic E-state index is 0.0177. The lowest BCUT2D eigenvalue weighted by atomic mass is 10.1. The van der Waals surface area contributed by atoms with Crippen LogP contribution in [-0.4, -0.2) is 33.2 Å². The highest BCUT2D eigenvalue weighted by atomic mass is 19.4. The van der Waals surface area contributed by atoms with Crippen molar-refractivity contribution in [3.05, 3.63) is 59.9 Å². The van der Waals surface area contributed by atoms with Gasteiger partial charge >= 0.3 is 6.18 Å². The van der Waals surface area contributed by atoms with E-state index in [1.54, 1.807) is 30.6 Å². The Morgan fingerprint density at radius 2 is 1.93 bits per heavy atom. The van der Waals surface area contributed by atoms with Crippen molar-refractivity contribution in [1.29, 1.82) is 0 Å². The van der Waals surface area contributed by atoms with Crippen molar-refractivity contribution in [2.45, 2.75) is 19.5 Å². The van der Waals surface area contributed by atoms with Crippen LogP contribution in [0.1, 0.15) is 17.5 Å². The Bertz CT molecular complexity index is 964. The molecule has 3 N–H and O–H groups in total. The maximum absolute atomic E-state index is 13.2. The molecule has 0 atom stereocenters.